The van der Waals surface area contributed by atoms with Crippen LogP contribution in [0.3, 0.4) is 0 Å². The summed E-state index contributed by atoms with van der Waals surface area (Å²) in [6.45, 7) is 0. The maximum Gasteiger partial charge on any atom is 0.132 e. The fourth-order valence-electron chi connectivity index (χ4n) is 2.14. The van der Waals surface area contributed by atoms with Crippen molar-refractivity contribution in [2.45, 2.75) is 0 Å². The van der Waals surface area contributed by atoms with Gasteiger partial charge in [0.15, 0.2) is 0 Å². The number of phenolic OH excluding ortho intramolecular Hbond substituents is 1. The van der Waals surface area contributed by atoms with Crippen molar-refractivity contribution in [2.75, 3.05) is 0 Å². The van der Waals surface area contributed by atoms with Gasteiger partial charge in [0.25, 0.3) is 0 Å². The van der Waals surface area contributed by atoms with Crippen LogP contribution in [0.1, 0.15) is 0 Å². The van der Waals surface area contributed by atoms with E-state index < -0.39 is 0 Å². The van der Waals surface area contributed by atoms with Crippen LogP contribution in [0.5, 0.6) is 5.75 Å². The number of fused-ring (bicyclic) bond motifs is 2. The molecule has 0 radical (unpaired) electrons. The van der Waals surface area contributed by atoms with Gasteiger partial charge in [0, 0.05) is 16.2 Å². The Morgan fingerprint density at radius 3 is 2.11 bits per heavy atom. The van der Waals surface area contributed by atoms with E-state index in [0.29, 0.717) is 16.2 Å². The molecule has 0 aromatic heterocycles. The minimum absolute atomic E-state index is 0.0542. The molecule has 5 heteroatoms. The first kappa shape index (κ1) is 13.1. The van der Waals surface area contributed by atoms with Crippen molar-refractivity contribution in [3.8, 4) is 5.75 Å². The first-order valence-electron chi connectivity index (χ1n) is 5.38. The van der Waals surface area contributed by atoms with Crippen LogP contribution in [-0.4, -0.2) is 5.11 Å². The lowest BCUT2D eigenvalue weighted by atomic mass is 10.0. The fourth-order valence-corrected chi connectivity index (χ4v) is 3.16. The molecule has 0 heterocycles. The molecule has 3 aromatic rings. The molecule has 3 aromatic carbocycles. The summed E-state index contributed by atoms with van der Waals surface area (Å²) >= 11 is 24.4. The molecule has 0 unspecified atom stereocenters. The normalized spacial score (nSPS) is 11.4. The summed E-state index contributed by atoms with van der Waals surface area (Å²) < 4.78 is 0. The number of rotatable bonds is 0. The molecule has 96 valence electrons. The maximum atomic E-state index is 10.4. The van der Waals surface area contributed by atoms with Crippen LogP contribution >= 0.6 is 46.4 Å². The Morgan fingerprint density at radius 1 is 0.737 bits per heavy atom. The van der Waals surface area contributed by atoms with E-state index in [-0.39, 0.29) is 25.8 Å². The van der Waals surface area contributed by atoms with Crippen LogP contribution < -0.4 is 0 Å². The van der Waals surface area contributed by atoms with E-state index >= 15 is 0 Å². The van der Waals surface area contributed by atoms with Gasteiger partial charge < -0.3 is 5.11 Å². The van der Waals surface area contributed by atoms with Crippen LogP contribution in [0.2, 0.25) is 20.1 Å². The Bertz CT molecular complexity index is 827. The first-order chi connectivity index (χ1) is 9.02. The quantitative estimate of drug-likeness (QED) is 0.290. The third kappa shape index (κ3) is 1.85. The van der Waals surface area contributed by atoms with Crippen LogP contribution in [0.25, 0.3) is 21.5 Å². The first-order valence-corrected chi connectivity index (χ1v) is 6.90. The zero-order chi connectivity index (χ0) is 13.7. The molecule has 0 saturated carbocycles. The molecule has 0 bridgehead atoms. The van der Waals surface area contributed by atoms with E-state index in [1.165, 1.54) is 0 Å². The Labute approximate surface area is 129 Å². The van der Waals surface area contributed by atoms with Crippen molar-refractivity contribution in [2.24, 2.45) is 0 Å². The lowest BCUT2D eigenvalue weighted by Crippen LogP contribution is -1.84. The largest absolute Gasteiger partial charge is 0.507 e. The Balaban J connectivity index is 2.66. The molecule has 0 spiro atoms. The summed E-state index contributed by atoms with van der Waals surface area (Å²) in [5.41, 5.74) is 0. The zero-order valence-electron chi connectivity index (χ0n) is 9.35. The molecule has 1 nitrogen and oxygen atoms in total. The lowest BCUT2D eigenvalue weighted by molar-refractivity contribution is 0.488. The molecule has 0 aliphatic rings. The molecular weight excluding hydrogens is 326 g/mol. The zero-order valence-corrected chi connectivity index (χ0v) is 12.4. The molecule has 0 aliphatic heterocycles. The molecular formula is C14H6Cl4O. The number of phenols is 1. The van der Waals surface area contributed by atoms with Gasteiger partial charge in [-0.25, -0.2) is 0 Å². The summed E-state index contributed by atoms with van der Waals surface area (Å²) in [5.74, 6) is 0.0542. The number of halogens is 4. The average Bonchev–Trinajstić information content (AvgIpc) is 2.43. The van der Waals surface area contributed by atoms with Crippen LogP contribution in [0.4, 0.5) is 0 Å². The molecule has 0 saturated heterocycles. The summed E-state index contributed by atoms with van der Waals surface area (Å²) in [7, 11) is 0. The lowest BCUT2D eigenvalue weighted by Gasteiger charge is -2.12. The van der Waals surface area contributed by atoms with Crippen molar-refractivity contribution < 1.29 is 5.11 Å². The smallest absolute Gasteiger partial charge is 0.132 e. The third-order valence-corrected chi connectivity index (χ3v) is 4.87. The van der Waals surface area contributed by atoms with E-state index in [1.807, 2.05) is 24.3 Å². The van der Waals surface area contributed by atoms with Gasteiger partial charge in [-0.15, -0.1) is 0 Å². The van der Waals surface area contributed by atoms with Gasteiger partial charge in [-0.2, -0.15) is 0 Å². The second-order valence-corrected chi connectivity index (χ2v) is 5.64. The van der Waals surface area contributed by atoms with Crippen LogP contribution in [0.15, 0.2) is 30.3 Å². The Morgan fingerprint density at radius 2 is 1.37 bits per heavy atom. The fraction of sp³-hybridized carbons (Fsp3) is 0. The molecule has 3 rings (SSSR count). The highest BCUT2D eigenvalue weighted by atomic mass is 35.5. The highest BCUT2D eigenvalue weighted by molar-refractivity contribution is 6.55. The van der Waals surface area contributed by atoms with Gasteiger partial charge >= 0.3 is 0 Å². The number of benzene rings is 3. The predicted octanol–water partition coefficient (Wildman–Crippen LogP) is 6.31. The van der Waals surface area contributed by atoms with Crippen molar-refractivity contribution in [3.05, 3.63) is 50.4 Å². The summed E-state index contributed by atoms with van der Waals surface area (Å²) in [6, 6.07) is 9.22. The third-order valence-electron chi connectivity index (χ3n) is 3.06. The van der Waals surface area contributed by atoms with E-state index in [4.69, 9.17) is 46.4 Å². The summed E-state index contributed by atoms with van der Waals surface area (Å²) in [4.78, 5) is 0. The van der Waals surface area contributed by atoms with Gasteiger partial charge in [-0.05, 0) is 11.5 Å². The van der Waals surface area contributed by atoms with Crippen molar-refractivity contribution in [1.82, 2.24) is 0 Å². The highest BCUT2D eigenvalue weighted by Gasteiger charge is 2.19. The van der Waals surface area contributed by atoms with E-state index in [9.17, 15) is 5.11 Å². The van der Waals surface area contributed by atoms with E-state index in [2.05, 4.69) is 0 Å². The SMILES string of the molecule is Oc1c2ccccc2cc2c(Cl)c(Cl)c(Cl)c(Cl)c12. The monoisotopic (exact) mass is 330 g/mol. The van der Waals surface area contributed by atoms with Crippen molar-refractivity contribution in [3.63, 3.8) is 0 Å². The standard InChI is InChI=1S/C14H6Cl4O/c15-10-8-5-6-3-1-2-4-7(6)14(19)9(8)11(16)13(18)12(10)17/h1-5,19H. The van der Waals surface area contributed by atoms with Crippen LogP contribution in [0, 0.1) is 0 Å². The van der Waals surface area contributed by atoms with Crippen molar-refractivity contribution >= 4 is 67.9 Å². The van der Waals surface area contributed by atoms with Crippen LogP contribution in [-0.2, 0) is 0 Å². The predicted molar refractivity (Wildman–Crippen MR) is 83.2 cm³/mol. The molecule has 19 heavy (non-hydrogen) atoms. The molecule has 0 aliphatic carbocycles. The van der Waals surface area contributed by atoms with Crippen molar-refractivity contribution in [1.29, 1.82) is 0 Å². The Kier molecular flexibility index (Phi) is 3.18. The van der Waals surface area contributed by atoms with Gasteiger partial charge in [0.2, 0.25) is 0 Å². The van der Waals surface area contributed by atoms with Gasteiger partial charge in [0.1, 0.15) is 5.75 Å². The van der Waals surface area contributed by atoms with E-state index in [1.54, 1.807) is 6.07 Å². The maximum absolute atomic E-state index is 10.4. The van der Waals surface area contributed by atoms with Gasteiger partial charge in [0.05, 0.1) is 20.1 Å². The summed E-state index contributed by atoms with van der Waals surface area (Å²) in [6.07, 6.45) is 0. The Hall–Kier alpha value is -0.860. The molecule has 1 N–H and O–H groups in total. The molecule has 0 atom stereocenters. The average molecular weight is 332 g/mol. The minimum atomic E-state index is 0.0542. The number of hydrogen-bond acceptors (Lipinski definition) is 1. The summed E-state index contributed by atoms with van der Waals surface area (Å²) in [5, 5.41) is 13.7. The van der Waals surface area contributed by atoms with Gasteiger partial charge in [-0.1, -0.05) is 70.7 Å². The molecule has 0 amide bonds. The number of aromatic hydroxyl groups is 1. The molecule has 0 fully saturated rings. The number of hydrogen-bond donors (Lipinski definition) is 1. The topological polar surface area (TPSA) is 20.2 Å². The van der Waals surface area contributed by atoms with Gasteiger partial charge in [-0.3, -0.25) is 0 Å². The highest BCUT2D eigenvalue weighted by Crippen LogP contribution is 2.48. The van der Waals surface area contributed by atoms with E-state index in [0.717, 1.165) is 5.39 Å². The second-order valence-electron chi connectivity index (χ2n) is 4.12. The second kappa shape index (κ2) is 4.60. The minimum Gasteiger partial charge on any atom is -0.507 e.